The number of nitrogens with zero attached hydrogens (tertiary/aromatic N) is 1. The minimum atomic E-state index is -1.33. The zero-order chi connectivity index (χ0) is 24.9. The van der Waals surface area contributed by atoms with Gasteiger partial charge in [0, 0.05) is 33.2 Å². The van der Waals surface area contributed by atoms with Gasteiger partial charge in [-0.3, -0.25) is 9.59 Å². The molecule has 2 aromatic carbocycles. The topological polar surface area (TPSA) is 86.9 Å². The van der Waals surface area contributed by atoms with E-state index >= 15 is 0 Å². The van der Waals surface area contributed by atoms with Crippen molar-refractivity contribution in [3.8, 4) is 0 Å². The molecule has 0 aliphatic heterocycles. The molecule has 0 saturated heterocycles. The quantitative estimate of drug-likeness (QED) is 0.221. The average molecular weight is 569 g/mol. The maximum absolute atomic E-state index is 13.0. The molecule has 0 radical (unpaired) electrons. The molecule has 0 spiro atoms. The number of carbonyl (C=O) groups is 2. The molecule has 2 aromatic heterocycles. The van der Waals surface area contributed by atoms with E-state index in [-0.39, 0.29) is 10.6 Å². The van der Waals surface area contributed by atoms with Gasteiger partial charge in [0.1, 0.15) is 15.8 Å². The van der Waals surface area contributed by atoms with Gasteiger partial charge in [0.25, 0.3) is 5.91 Å². The Balaban J connectivity index is 1.33. The minimum absolute atomic E-state index is 0.162. The van der Waals surface area contributed by atoms with E-state index < -0.39 is 28.0 Å². The molecule has 1 aliphatic carbocycles. The predicted octanol–water partition coefficient (Wildman–Crippen LogP) is 7.30. The van der Waals surface area contributed by atoms with E-state index in [0.29, 0.717) is 32.8 Å². The fraction of sp³-hybridized carbons (Fsp3) is 0.125. The first-order valence-corrected chi connectivity index (χ1v) is 12.2. The molecule has 1 aliphatic rings. The van der Waals surface area contributed by atoms with Gasteiger partial charge in [-0.15, -0.1) is 23.2 Å². The van der Waals surface area contributed by atoms with Crippen molar-refractivity contribution in [2.75, 3.05) is 10.6 Å². The number of halogens is 5. The summed E-state index contributed by atoms with van der Waals surface area (Å²) in [5.74, 6) is -1.78. The molecule has 4 aromatic rings. The van der Waals surface area contributed by atoms with Crippen molar-refractivity contribution in [2.45, 2.75) is 10.3 Å². The number of amides is 2. The second-order valence-electron chi connectivity index (χ2n) is 8.08. The van der Waals surface area contributed by atoms with Crippen molar-refractivity contribution in [1.29, 1.82) is 0 Å². The second-order valence-corrected chi connectivity index (χ2v) is 10.8. The van der Waals surface area contributed by atoms with Crippen LogP contribution in [0.1, 0.15) is 21.8 Å². The lowest BCUT2D eigenvalue weighted by Gasteiger charge is -2.10. The Morgan fingerprint density at radius 3 is 2.40 bits per heavy atom. The summed E-state index contributed by atoms with van der Waals surface area (Å²) in [4.78, 5) is 33.2. The summed E-state index contributed by atoms with van der Waals surface area (Å²) in [6, 6.07) is 14.9. The standard InChI is InChI=1S/C24H15Cl5N4O2/c25-13-7-12(8-14(26)9-13)19-20(24(19,28)29)23(35)31-15-2-3-17(27)16(10-15)22(34)33-18-4-1-11-5-6-30-21(11)32-18/h1-10,19-20H,(H,31,35)(H2,30,32,33,34)/t19-,20+/m0/s1. The summed E-state index contributed by atoms with van der Waals surface area (Å²) in [6.45, 7) is 0. The third-order valence-electron chi connectivity index (χ3n) is 5.71. The average Bonchev–Trinajstić information content (AvgIpc) is 3.11. The Labute approximate surface area is 224 Å². The molecule has 1 saturated carbocycles. The third-order valence-corrected chi connectivity index (χ3v) is 7.42. The Hall–Kier alpha value is -2.48. The lowest BCUT2D eigenvalue weighted by Crippen LogP contribution is -2.18. The van der Waals surface area contributed by atoms with Gasteiger partial charge in [-0.25, -0.2) is 4.98 Å². The highest BCUT2D eigenvalue weighted by Crippen LogP contribution is 2.65. The monoisotopic (exact) mass is 566 g/mol. The lowest BCUT2D eigenvalue weighted by molar-refractivity contribution is -0.117. The molecular formula is C24H15Cl5N4O2. The minimum Gasteiger partial charge on any atom is -0.346 e. The number of nitrogens with one attached hydrogen (secondary N) is 3. The largest absolute Gasteiger partial charge is 0.346 e. The first-order valence-electron chi connectivity index (χ1n) is 10.3. The van der Waals surface area contributed by atoms with Crippen LogP contribution < -0.4 is 10.6 Å². The molecule has 0 unspecified atom stereocenters. The van der Waals surface area contributed by atoms with Gasteiger partial charge in [0.2, 0.25) is 5.91 Å². The highest BCUT2D eigenvalue weighted by Gasteiger charge is 2.67. The smallest absolute Gasteiger partial charge is 0.258 e. The molecule has 2 heterocycles. The number of hydrogen-bond acceptors (Lipinski definition) is 3. The number of rotatable bonds is 5. The molecule has 6 nitrogen and oxygen atoms in total. The van der Waals surface area contributed by atoms with Crippen LogP contribution in [0.2, 0.25) is 15.1 Å². The Bertz CT molecular complexity index is 1470. The number of pyridine rings is 1. The normalized spacial score (nSPS) is 18.3. The SMILES string of the molecule is O=C(Nc1ccc2cc[nH]c2n1)c1cc(NC(=O)[C@H]2[C@H](c3cc(Cl)cc(Cl)c3)C2(Cl)Cl)ccc1Cl. The predicted molar refractivity (Wildman–Crippen MR) is 141 cm³/mol. The fourth-order valence-electron chi connectivity index (χ4n) is 4.00. The van der Waals surface area contributed by atoms with Gasteiger partial charge in [0.15, 0.2) is 0 Å². The first kappa shape index (κ1) is 24.2. The van der Waals surface area contributed by atoms with Gasteiger partial charge in [-0.1, -0.05) is 34.8 Å². The molecular weight excluding hydrogens is 554 g/mol. The lowest BCUT2D eigenvalue weighted by atomic mass is 10.1. The van der Waals surface area contributed by atoms with E-state index in [0.717, 1.165) is 5.39 Å². The number of anilines is 2. The van der Waals surface area contributed by atoms with Crippen molar-refractivity contribution in [3.05, 3.63) is 87.0 Å². The van der Waals surface area contributed by atoms with Crippen molar-refractivity contribution in [2.24, 2.45) is 5.92 Å². The van der Waals surface area contributed by atoms with Crippen LogP contribution in [-0.4, -0.2) is 26.1 Å². The van der Waals surface area contributed by atoms with E-state index in [1.54, 1.807) is 36.5 Å². The van der Waals surface area contributed by atoms with Gasteiger partial charge in [-0.2, -0.15) is 0 Å². The molecule has 1 fully saturated rings. The number of benzene rings is 2. The summed E-state index contributed by atoms with van der Waals surface area (Å²) in [5, 5.41) is 7.44. The van der Waals surface area contributed by atoms with Gasteiger partial charge in [0.05, 0.1) is 16.5 Å². The molecule has 2 atom stereocenters. The van der Waals surface area contributed by atoms with Crippen molar-refractivity contribution in [3.63, 3.8) is 0 Å². The zero-order valence-electron chi connectivity index (χ0n) is 17.6. The van der Waals surface area contributed by atoms with Crippen LogP contribution >= 0.6 is 58.0 Å². The Morgan fingerprint density at radius 1 is 0.914 bits per heavy atom. The number of aromatic amines is 1. The fourth-order valence-corrected chi connectivity index (χ4v) is 5.58. The maximum Gasteiger partial charge on any atom is 0.258 e. The molecule has 11 heteroatoms. The molecule has 2 amide bonds. The summed E-state index contributed by atoms with van der Waals surface area (Å²) in [5.41, 5.74) is 1.82. The second kappa shape index (κ2) is 9.19. The van der Waals surface area contributed by atoms with Gasteiger partial charge < -0.3 is 15.6 Å². The summed E-state index contributed by atoms with van der Waals surface area (Å²) in [7, 11) is 0. The van der Waals surface area contributed by atoms with Crippen molar-refractivity contribution < 1.29 is 9.59 Å². The molecule has 178 valence electrons. The molecule has 3 N–H and O–H groups in total. The van der Waals surface area contributed by atoms with Gasteiger partial charge in [-0.05, 0) is 60.2 Å². The first-order chi connectivity index (χ1) is 16.6. The highest BCUT2D eigenvalue weighted by molar-refractivity contribution is 6.53. The van der Waals surface area contributed by atoms with Crippen LogP contribution in [0.5, 0.6) is 0 Å². The summed E-state index contributed by atoms with van der Waals surface area (Å²) < 4.78 is -1.33. The molecule has 0 bridgehead atoms. The van der Waals surface area contributed by atoms with Crippen LogP contribution in [0.4, 0.5) is 11.5 Å². The molecule has 35 heavy (non-hydrogen) atoms. The summed E-state index contributed by atoms with van der Waals surface area (Å²) >= 11 is 31.3. The van der Waals surface area contributed by atoms with E-state index in [4.69, 9.17) is 58.0 Å². The Kier molecular flexibility index (Phi) is 6.36. The van der Waals surface area contributed by atoms with E-state index in [9.17, 15) is 9.59 Å². The number of carbonyl (C=O) groups excluding carboxylic acids is 2. The highest BCUT2D eigenvalue weighted by atomic mass is 35.5. The van der Waals surface area contributed by atoms with E-state index in [1.165, 1.54) is 12.1 Å². The maximum atomic E-state index is 13.0. The van der Waals surface area contributed by atoms with Crippen LogP contribution in [0.15, 0.2) is 60.8 Å². The number of hydrogen-bond donors (Lipinski definition) is 3. The number of aromatic nitrogens is 2. The number of H-pyrrole nitrogens is 1. The summed E-state index contributed by atoms with van der Waals surface area (Å²) in [6.07, 6.45) is 1.76. The van der Waals surface area contributed by atoms with Crippen LogP contribution in [0.3, 0.4) is 0 Å². The van der Waals surface area contributed by atoms with Gasteiger partial charge >= 0.3 is 0 Å². The van der Waals surface area contributed by atoms with Crippen molar-refractivity contribution in [1.82, 2.24) is 9.97 Å². The molecule has 5 rings (SSSR count). The number of fused-ring (bicyclic) bond motifs is 1. The Morgan fingerprint density at radius 2 is 1.66 bits per heavy atom. The van der Waals surface area contributed by atoms with Crippen LogP contribution in [0, 0.1) is 5.92 Å². The van der Waals surface area contributed by atoms with Crippen molar-refractivity contribution >= 4 is 92.4 Å². The number of alkyl halides is 2. The third kappa shape index (κ3) is 4.82. The van der Waals surface area contributed by atoms with E-state index in [1.807, 2.05) is 12.1 Å². The van der Waals surface area contributed by atoms with E-state index in [2.05, 4.69) is 20.6 Å². The van der Waals surface area contributed by atoms with Crippen LogP contribution in [-0.2, 0) is 4.79 Å². The zero-order valence-corrected chi connectivity index (χ0v) is 21.4. The van der Waals surface area contributed by atoms with Crippen LogP contribution in [0.25, 0.3) is 11.0 Å².